The zero-order valence-corrected chi connectivity index (χ0v) is 21.0. The highest BCUT2D eigenvalue weighted by Gasteiger charge is 2.51. The number of amides is 5. The summed E-state index contributed by atoms with van der Waals surface area (Å²) in [6, 6.07) is 6.77. The SMILES string of the molecule is CC(NC(=O)C1(C(=O)NC(CCCNC(N)=O)C(=O)Nc2ccc(CO)cc2)CCC1)c1ccsc1. The number of aliphatic hydroxyl groups is 1. The molecule has 1 aromatic heterocycles. The fraction of sp³-hybridized carbons (Fsp3) is 0.440. The van der Waals surface area contributed by atoms with E-state index in [1.54, 1.807) is 24.3 Å². The number of aliphatic hydroxyl groups excluding tert-OH is 1. The number of hydrogen-bond donors (Lipinski definition) is 6. The predicted molar refractivity (Wildman–Crippen MR) is 137 cm³/mol. The van der Waals surface area contributed by atoms with Gasteiger partial charge >= 0.3 is 6.03 Å². The van der Waals surface area contributed by atoms with E-state index in [9.17, 15) is 24.3 Å². The second-order valence-electron chi connectivity index (χ2n) is 8.99. The van der Waals surface area contributed by atoms with Gasteiger partial charge in [0.1, 0.15) is 11.5 Å². The molecular weight excluding hydrogens is 482 g/mol. The van der Waals surface area contributed by atoms with Gasteiger partial charge in [-0.25, -0.2) is 4.79 Å². The molecule has 10 nitrogen and oxygen atoms in total. The number of urea groups is 1. The summed E-state index contributed by atoms with van der Waals surface area (Å²) < 4.78 is 0. The summed E-state index contributed by atoms with van der Waals surface area (Å²) in [5, 5.41) is 24.1. The normalized spacial score (nSPS) is 15.6. The Kier molecular flexibility index (Phi) is 9.43. The van der Waals surface area contributed by atoms with Crippen LogP contribution in [-0.2, 0) is 21.0 Å². The van der Waals surface area contributed by atoms with Crippen LogP contribution in [0, 0.1) is 5.41 Å². The van der Waals surface area contributed by atoms with E-state index in [0.29, 0.717) is 30.5 Å². The van der Waals surface area contributed by atoms with Gasteiger partial charge in [0.15, 0.2) is 0 Å². The number of benzene rings is 1. The zero-order valence-electron chi connectivity index (χ0n) is 20.2. The van der Waals surface area contributed by atoms with E-state index >= 15 is 0 Å². The molecular formula is C25H33N5O5S. The lowest BCUT2D eigenvalue weighted by Gasteiger charge is -2.40. The molecule has 1 saturated carbocycles. The van der Waals surface area contributed by atoms with Crippen molar-refractivity contribution in [1.82, 2.24) is 16.0 Å². The number of carbonyl (C=O) groups excluding carboxylic acids is 4. The van der Waals surface area contributed by atoms with Crippen LogP contribution in [0.4, 0.5) is 10.5 Å². The molecule has 11 heteroatoms. The number of thiophene rings is 1. The summed E-state index contributed by atoms with van der Waals surface area (Å²) >= 11 is 1.53. The van der Waals surface area contributed by atoms with Gasteiger partial charge in [-0.3, -0.25) is 14.4 Å². The molecule has 0 aliphatic heterocycles. The van der Waals surface area contributed by atoms with Gasteiger partial charge in [-0.1, -0.05) is 18.6 Å². The van der Waals surface area contributed by atoms with E-state index < -0.39 is 29.3 Å². The van der Waals surface area contributed by atoms with Gasteiger partial charge < -0.3 is 32.1 Å². The van der Waals surface area contributed by atoms with Crippen molar-refractivity contribution in [2.45, 2.75) is 57.7 Å². The Morgan fingerprint density at radius 3 is 2.33 bits per heavy atom. The average molecular weight is 516 g/mol. The molecule has 1 aromatic carbocycles. The van der Waals surface area contributed by atoms with Crippen molar-refractivity contribution in [2.24, 2.45) is 11.1 Å². The van der Waals surface area contributed by atoms with Crippen LogP contribution in [0.2, 0.25) is 0 Å². The largest absolute Gasteiger partial charge is 0.392 e. The highest BCUT2D eigenvalue weighted by atomic mass is 32.1. The van der Waals surface area contributed by atoms with E-state index in [2.05, 4.69) is 21.3 Å². The van der Waals surface area contributed by atoms with Crippen molar-refractivity contribution in [2.75, 3.05) is 11.9 Å². The predicted octanol–water partition coefficient (Wildman–Crippen LogP) is 2.16. The third-order valence-corrected chi connectivity index (χ3v) is 7.16. The lowest BCUT2D eigenvalue weighted by molar-refractivity contribution is -0.151. The Balaban J connectivity index is 1.69. The first-order chi connectivity index (χ1) is 17.2. The molecule has 2 aromatic rings. The van der Waals surface area contributed by atoms with Crippen LogP contribution in [0.3, 0.4) is 0 Å². The summed E-state index contributed by atoms with van der Waals surface area (Å²) in [4.78, 5) is 50.6. The minimum absolute atomic E-state index is 0.116. The fourth-order valence-corrected chi connectivity index (χ4v) is 4.79. The van der Waals surface area contributed by atoms with Crippen molar-refractivity contribution in [3.8, 4) is 0 Å². The Morgan fingerprint density at radius 1 is 1.08 bits per heavy atom. The van der Waals surface area contributed by atoms with Crippen LogP contribution in [0.15, 0.2) is 41.1 Å². The van der Waals surface area contributed by atoms with Gasteiger partial charge in [-0.15, -0.1) is 0 Å². The molecule has 2 unspecified atom stereocenters. The number of nitrogens with one attached hydrogen (secondary N) is 4. The maximum atomic E-state index is 13.4. The average Bonchev–Trinajstić information content (AvgIpc) is 3.36. The first-order valence-electron chi connectivity index (χ1n) is 11.9. The standard InChI is InChI=1S/C25H33N5O5S/c1-16(18-9-13-36-15-18)28-22(33)25(10-3-11-25)23(34)30-20(4-2-12-27-24(26)35)21(32)29-19-7-5-17(14-31)6-8-19/h5-9,13,15-16,20,31H,2-4,10-12,14H2,1H3,(H,28,33)(H,29,32)(H,30,34)(H3,26,27,35). The molecule has 1 heterocycles. The minimum Gasteiger partial charge on any atom is -0.392 e. The van der Waals surface area contributed by atoms with E-state index in [-0.39, 0.29) is 31.5 Å². The highest BCUT2D eigenvalue weighted by Crippen LogP contribution is 2.42. The molecule has 0 saturated heterocycles. The smallest absolute Gasteiger partial charge is 0.312 e. The minimum atomic E-state index is -1.23. The number of rotatable bonds is 12. The maximum absolute atomic E-state index is 13.4. The summed E-state index contributed by atoms with van der Waals surface area (Å²) in [7, 11) is 0. The van der Waals surface area contributed by atoms with Gasteiger partial charge in [0.25, 0.3) is 0 Å². The summed E-state index contributed by atoms with van der Waals surface area (Å²) in [5.74, 6) is -1.28. The van der Waals surface area contributed by atoms with Gasteiger partial charge in [-0.2, -0.15) is 11.3 Å². The second-order valence-corrected chi connectivity index (χ2v) is 9.77. The molecule has 194 valence electrons. The first kappa shape index (κ1) is 27.2. The van der Waals surface area contributed by atoms with E-state index in [0.717, 1.165) is 12.0 Å². The van der Waals surface area contributed by atoms with Crippen molar-refractivity contribution >= 4 is 40.8 Å². The van der Waals surface area contributed by atoms with Crippen LogP contribution < -0.4 is 27.0 Å². The summed E-state index contributed by atoms with van der Waals surface area (Å²) in [6.07, 6.45) is 2.17. The van der Waals surface area contributed by atoms with Gasteiger partial charge in [-0.05, 0) is 72.7 Å². The highest BCUT2D eigenvalue weighted by molar-refractivity contribution is 7.08. The van der Waals surface area contributed by atoms with E-state index in [1.807, 2.05) is 23.8 Å². The molecule has 1 fully saturated rings. The molecule has 5 amide bonds. The molecule has 0 radical (unpaired) electrons. The number of nitrogens with two attached hydrogens (primary N) is 1. The van der Waals surface area contributed by atoms with Crippen LogP contribution in [0.1, 0.15) is 56.2 Å². The molecule has 2 atom stereocenters. The summed E-state index contributed by atoms with van der Waals surface area (Å²) in [6.45, 7) is 1.99. The fourth-order valence-electron chi connectivity index (χ4n) is 4.03. The molecule has 0 bridgehead atoms. The Bertz CT molecular complexity index is 1050. The van der Waals surface area contributed by atoms with Crippen LogP contribution in [-0.4, -0.2) is 41.4 Å². The number of primary amides is 1. The topological polar surface area (TPSA) is 163 Å². The first-order valence-corrected chi connectivity index (χ1v) is 12.9. The second kappa shape index (κ2) is 12.5. The number of carbonyl (C=O) groups is 4. The van der Waals surface area contributed by atoms with E-state index in [1.165, 1.54) is 11.3 Å². The Hall–Kier alpha value is -3.44. The van der Waals surface area contributed by atoms with Crippen LogP contribution >= 0.6 is 11.3 Å². The Labute approximate surface area is 214 Å². The van der Waals surface area contributed by atoms with Crippen molar-refractivity contribution < 1.29 is 24.3 Å². The van der Waals surface area contributed by atoms with Crippen LogP contribution in [0.5, 0.6) is 0 Å². The zero-order chi connectivity index (χ0) is 26.1. The molecule has 7 N–H and O–H groups in total. The van der Waals surface area contributed by atoms with E-state index in [4.69, 9.17) is 5.73 Å². The monoisotopic (exact) mass is 515 g/mol. The lowest BCUT2D eigenvalue weighted by Crippen LogP contribution is -2.58. The maximum Gasteiger partial charge on any atom is 0.312 e. The Morgan fingerprint density at radius 2 is 1.78 bits per heavy atom. The van der Waals surface area contributed by atoms with Gasteiger partial charge in [0.05, 0.1) is 12.6 Å². The summed E-state index contributed by atoms with van der Waals surface area (Å²) in [5.41, 5.74) is 6.05. The van der Waals surface area contributed by atoms with Crippen LogP contribution in [0.25, 0.3) is 0 Å². The molecule has 0 spiro atoms. The third-order valence-electron chi connectivity index (χ3n) is 6.46. The van der Waals surface area contributed by atoms with Gasteiger partial charge in [0.2, 0.25) is 17.7 Å². The van der Waals surface area contributed by atoms with Crippen molar-refractivity contribution in [3.63, 3.8) is 0 Å². The third kappa shape index (κ3) is 6.82. The molecule has 3 rings (SSSR count). The number of hydrogen-bond acceptors (Lipinski definition) is 6. The molecule has 1 aliphatic carbocycles. The van der Waals surface area contributed by atoms with Gasteiger partial charge in [0, 0.05) is 12.2 Å². The molecule has 36 heavy (non-hydrogen) atoms. The lowest BCUT2D eigenvalue weighted by atomic mass is 9.67. The van der Waals surface area contributed by atoms with Crippen molar-refractivity contribution in [3.05, 3.63) is 52.2 Å². The van der Waals surface area contributed by atoms with Crippen molar-refractivity contribution in [1.29, 1.82) is 0 Å². The molecule has 1 aliphatic rings. The quantitative estimate of drug-likeness (QED) is 0.188. The number of anilines is 1.